The number of aliphatic hydroxyl groups excluding tert-OH is 1. The summed E-state index contributed by atoms with van der Waals surface area (Å²) in [6.45, 7) is 7.34. The smallest absolute Gasteiger partial charge is 0.0653 e. The van der Waals surface area contributed by atoms with Crippen LogP contribution in [0.3, 0.4) is 0 Å². The first-order valence-corrected chi connectivity index (χ1v) is 9.59. The molecule has 7 atom stereocenters. The quantitative estimate of drug-likeness (QED) is 0.764. The van der Waals surface area contributed by atoms with Gasteiger partial charge in [0.1, 0.15) is 0 Å². The molecular formula is C20H34O2. The minimum absolute atomic E-state index is 0.133. The molecule has 5 aliphatic carbocycles. The highest BCUT2D eigenvalue weighted by Crippen LogP contribution is 2.72. The maximum absolute atomic E-state index is 10.9. The highest BCUT2D eigenvalue weighted by molar-refractivity contribution is 5.15. The molecule has 2 nitrogen and oxygen atoms in total. The Kier molecular flexibility index (Phi) is 3.16. The number of hydrogen-bond acceptors (Lipinski definition) is 2. The molecule has 22 heavy (non-hydrogen) atoms. The van der Waals surface area contributed by atoms with Crippen LogP contribution in [0.25, 0.3) is 0 Å². The third-order valence-corrected chi connectivity index (χ3v) is 9.03. The minimum Gasteiger partial charge on any atom is -0.396 e. The van der Waals surface area contributed by atoms with Gasteiger partial charge in [-0.05, 0) is 92.3 Å². The van der Waals surface area contributed by atoms with Gasteiger partial charge >= 0.3 is 0 Å². The molecule has 0 aromatic heterocycles. The molecule has 5 rings (SSSR count). The molecule has 5 saturated carbocycles. The molecule has 5 aliphatic rings. The summed E-state index contributed by atoms with van der Waals surface area (Å²) in [6, 6.07) is 0. The van der Waals surface area contributed by atoms with Crippen LogP contribution in [-0.2, 0) is 0 Å². The average molecular weight is 306 g/mol. The van der Waals surface area contributed by atoms with E-state index in [4.69, 9.17) is 0 Å². The van der Waals surface area contributed by atoms with Crippen LogP contribution < -0.4 is 0 Å². The molecule has 1 spiro atoms. The van der Waals surface area contributed by atoms with E-state index in [0.29, 0.717) is 29.3 Å². The van der Waals surface area contributed by atoms with E-state index in [0.717, 1.165) is 12.3 Å². The van der Waals surface area contributed by atoms with Gasteiger partial charge in [-0.2, -0.15) is 0 Å². The SMILES string of the molecule is C[C@@]1(CO)CCC[C@]2(C)[C@@H]1CC[C@@]13CC[C@@H](C[C@H]12)[C@@](C)(O)C3. The lowest BCUT2D eigenvalue weighted by Gasteiger charge is -2.70. The van der Waals surface area contributed by atoms with Gasteiger partial charge in [0.15, 0.2) is 0 Å². The maximum atomic E-state index is 10.9. The third-order valence-electron chi connectivity index (χ3n) is 9.03. The topological polar surface area (TPSA) is 40.5 Å². The Balaban J connectivity index is 1.73. The van der Waals surface area contributed by atoms with Gasteiger partial charge < -0.3 is 10.2 Å². The zero-order valence-corrected chi connectivity index (χ0v) is 14.7. The highest BCUT2D eigenvalue weighted by atomic mass is 16.3. The average Bonchev–Trinajstić information content (AvgIpc) is 2.45. The lowest BCUT2D eigenvalue weighted by molar-refractivity contribution is -0.234. The summed E-state index contributed by atoms with van der Waals surface area (Å²) in [5.74, 6) is 1.97. The fraction of sp³-hybridized carbons (Fsp3) is 1.00. The lowest BCUT2D eigenvalue weighted by atomic mass is 9.36. The first-order chi connectivity index (χ1) is 10.3. The van der Waals surface area contributed by atoms with Crippen LogP contribution in [0.2, 0.25) is 0 Å². The van der Waals surface area contributed by atoms with Crippen molar-refractivity contribution in [3.05, 3.63) is 0 Å². The summed E-state index contributed by atoms with van der Waals surface area (Å²) in [5.41, 5.74) is 0.501. The Morgan fingerprint density at radius 1 is 0.955 bits per heavy atom. The van der Waals surface area contributed by atoms with Crippen molar-refractivity contribution in [1.82, 2.24) is 0 Å². The Hall–Kier alpha value is -0.0800. The normalized spacial score (nSPS) is 60.7. The zero-order valence-electron chi connectivity index (χ0n) is 14.7. The molecule has 0 aromatic rings. The van der Waals surface area contributed by atoms with Gasteiger partial charge in [-0.1, -0.05) is 20.3 Å². The van der Waals surface area contributed by atoms with Crippen molar-refractivity contribution in [3.8, 4) is 0 Å². The Bertz CT molecular complexity index is 472. The van der Waals surface area contributed by atoms with Gasteiger partial charge in [-0.25, -0.2) is 0 Å². The number of fused-ring (bicyclic) bond motifs is 3. The highest BCUT2D eigenvalue weighted by Gasteiger charge is 2.66. The van der Waals surface area contributed by atoms with Crippen LogP contribution >= 0.6 is 0 Å². The fourth-order valence-corrected chi connectivity index (χ4v) is 8.01. The van der Waals surface area contributed by atoms with Gasteiger partial charge in [-0.15, -0.1) is 0 Å². The standard InChI is InChI=1S/C20H34O2/c1-17(13-21)7-4-8-18(2)15(17)6-10-20-9-5-14(11-16(18)20)19(3,22)12-20/h14-16,21-22H,4-13H2,1-3H3/t14-,15+,16-,17-,18+,19-,20+/m0/s1. The Morgan fingerprint density at radius 2 is 1.68 bits per heavy atom. The van der Waals surface area contributed by atoms with Crippen LogP contribution in [-0.4, -0.2) is 22.4 Å². The van der Waals surface area contributed by atoms with E-state index in [1.54, 1.807) is 0 Å². The minimum atomic E-state index is -0.424. The zero-order chi connectivity index (χ0) is 15.8. The predicted octanol–water partition coefficient (Wildman–Crippen LogP) is 4.14. The molecule has 2 heteroatoms. The molecule has 2 bridgehead atoms. The predicted molar refractivity (Wildman–Crippen MR) is 88.4 cm³/mol. The third kappa shape index (κ3) is 1.80. The van der Waals surface area contributed by atoms with Crippen molar-refractivity contribution in [3.63, 3.8) is 0 Å². The van der Waals surface area contributed by atoms with E-state index in [-0.39, 0.29) is 5.41 Å². The van der Waals surface area contributed by atoms with Gasteiger partial charge in [0.25, 0.3) is 0 Å². The molecule has 0 radical (unpaired) electrons. The molecule has 0 saturated heterocycles. The summed E-state index contributed by atoms with van der Waals surface area (Å²) < 4.78 is 0. The van der Waals surface area contributed by atoms with Gasteiger partial charge in [0, 0.05) is 6.61 Å². The molecule has 0 unspecified atom stereocenters. The van der Waals surface area contributed by atoms with Crippen molar-refractivity contribution in [1.29, 1.82) is 0 Å². The Morgan fingerprint density at radius 3 is 2.36 bits per heavy atom. The van der Waals surface area contributed by atoms with Crippen LogP contribution in [0.5, 0.6) is 0 Å². The maximum Gasteiger partial charge on any atom is 0.0653 e. The van der Waals surface area contributed by atoms with Crippen LogP contribution in [0, 0.1) is 34.0 Å². The van der Waals surface area contributed by atoms with Crippen molar-refractivity contribution < 1.29 is 10.2 Å². The van der Waals surface area contributed by atoms with Crippen LogP contribution in [0.15, 0.2) is 0 Å². The number of rotatable bonds is 1. The molecular weight excluding hydrogens is 272 g/mol. The van der Waals surface area contributed by atoms with Gasteiger partial charge in [-0.3, -0.25) is 0 Å². The van der Waals surface area contributed by atoms with E-state index in [1.165, 1.54) is 51.4 Å². The summed E-state index contributed by atoms with van der Waals surface area (Å²) in [4.78, 5) is 0. The van der Waals surface area contributed by atoms with Crippen molar-refractivity contribution in [2.75, 3.05) is 6.61 Å². The van der Waals surface area contributed by atoms with Crippen molar-refractivity contribution in [2.45, 2.75) is 84.2 Å². The van der Waals surface area contributed by atoms with Crippen LogP contribution in [0.1, 0.15) is 78.6 Å². The second-order valence-electron chi connectivity index (χ2n) is 10.2. The van der Waals surface area contributed by atoms with Crippen molar-refractivity contribution in [2.24, 2.45) is 34.0 Å². The van der Waals surface area contributed by atoms with E-state index >= 15 is 0 Å². The summed E-state index contributed by atoms with van der Waals surface area (Å²) >= 11 is 0. The summed E-state index contributed by atoms with van der Waals surface area (Å²) in [6.07, 6.45) is 11.2. The van der Waals surface area contributed by atoms with E-state index in [2.05, 4.69) is 20.8 Å². The molecule has 0 aliphatic heterocycles. The van der Waals surface area contributed by atoms with Crippen molar-refractivity contribution >= 4 is 0 Å². The summed E-state index contributed by atoms with van der Waals surface area (Å²) in [5, 5.41) is 21.0. The Labute approximate surface area is 135 Å². The molecule has 0 amide bonds. The fourth-order valence-electron chi connectivity index (χ4n) is 8.01. The first kappa shape index (κ1) is 15.4. The lowest BCUT2D eigenvalue weighted by Crippen LogP contribution is -2.64. The molecule has 126 valence electrons. The van der Waals surface area contributed by atoms with E-state index in [9.17, 15) is 10.2 Å². The van der Waals surface area contributed by atoms with Gasteiger partial charge in [0.2, 0.25) is 0 Å². The second-order valence-corrected chi connectivity index (χ2v) is 10.2. The molecule has 0 heterocycles. The van der Waals surface area contributed by atoms with E-state index in [1.807, 2.05) is 0 Å². The monoisotopic (exact) mass is 306 g/mol. The van der Waals surface area contributed by atoms with E-state index < -0.39 is 5.60 Å². The molecule has 2 N–H and O–H groups in total. The number of aliphatic hydroxyl groups is 2. The molecule has 5 fully saturated rings. The second kappa shape index (κ2) is 4.51. The molecule has 0 aromatic carbocycles. The largest absolute Gasteiger partial charge is 0.396 e. The first-order valence-electron chi connectivity index (χ1n) is 9.59. The van der Waals surface area contributed by atoms with Gasteiger partial charge in [0.05, 0.1) is 5.60 Å². The van der Waals surface area contributed by atoms with Crippen LogP contribution in [0.4, 0.5) is 0 Å². The summed E-state index contributed by atoms with van der Waals surface area (Å²) in [7, 11) is 0. The number of hydrogen-bond donors (Lipinski definition) is 2.